The third-order valence-corrected chi connectivity index (χ3v) is 2.13. The minimum Gasteiger partial charge on any atom is -0.502 e. The SMILES string of the molecule is CON=C(C)c1cc(OC)c(O)c(OC)c1. The molecule has 16 heavy (non-hydrogen) atoms. The predicted molar refractivity (Wildman–Crippen MR) is 60.4 cm³/mol. The quantitative estimate of drug-likeness (QED) is 0.626. The Morgan fingerprint density at radius 3 is 2.00 bits per heavy atom. The Balaban J connectivity index is 3.27. The lowest BCUT2D eigenvalue weighted by Crippen LogP contribution is -1.98. The number of hydrogen-bond donors (Lipinski definition) is 1. The van der Waals surface area contributed by atoms with Crippen LogP contribution in [0.15, 0.2) is 17.3 Å². The lowest BCUT2D eigenvalue weighted by molar-refractivity contribution is 0.213. The van der Waals surface area contributed by atoms with Gasteiger partial charge in [0.25, 0.3) is 0 Å². The van der Waals surface area contributed by atoms with Gasteiger partial charge in [0.05, 0.1) is 19.9 Å². The summed E-state index contributed by atoms with van der Waals surface area (Å²) in [6.07, 6.45) is 0. The first-order valence-electron chi connectivity index (χ1n) is 4.67. The van der Waals surface area contributed by atoms with E-state index in [-0.39, 0.29) is 5.75 Å². The van der Waals surface area contributed by atoms with Gasteiger partial charge in [-0.1, -0.05) is 5.16 Å². The molecule has 0 aliphatic carbocycles. The highest BCUT2D eigenvalue weighted by Gasteiger charge is 2.12. The molecule has 0 saturated carbocycles. The first-order chi connectivity index (χ1) is 7.63. The molecule has 0 heterocycles. The first kappa shape index (κ1) is 12.2. The fraction of sp³-hybridized carbons (Fsp3) is 0.364. The van der Waals surface area contributed by atoms with Crippen LogP contribution in [-0.2, 0) is 4.84 Å². The van der Waals surface area contributed by atoms with Crippen molar-refractivity contribution in [1.82, 2.24) is 0 Å². The number of benzene rings is 1. The molecule has 5 heteroatoms. The van der Waals surface area contributed by atoms with Gasteiger partial charge in [0.2, 0.25) is 5.75 Å². The molecule has 0 unspecified atom stereocenters. The number of nitrogens with zero attached hydrogens (tertiary/aromatic N) is 1. The van der Waals surface area contributed by atoms with E-state index in [1.54, 1.807) is 19.1 Å². The molecular weight excluding hydrogens is 210 g/mol. The molecule has 1 aromatic carbocycles. The topological polar surface area (TPSA) is 60.3 Å². The third kappa shape index (κ3) is 2.36. The van der Waals surface area contributed by atoms with Gasteiger partial charge < -0.3 is 19.4 Å². The summed E-state index contributed by atoms with van der Waals surface area (Å²) < 4.78 is 10.1. The van der Waals surface area contributed by atoms with Gasteiger partial charge in [-0.2, -0.15) is 0 Å². The third-order valence-electron chi connectivity index (χ3n) is 2.13. The number of aromatic hydroxyl groups is 1. The van der Waals surface area contributed by atoms with Crippen molar-refractivity contribution in [3.63, 3.8) is 0 Å². The Kier molecular flexibility index (Phi) is 3.99. The van der Waals surface area contributed by atoms with Crippen molar-refractivity contribution >= 4 is 5.71 Å². The summed E-state index contributed by atoms with van der Waals surface area (Å²) in [5.41, 5.74) is 1.42. The van der Waals surface area contributed by atoms with Gasteiger partial charge in [-0.3, -0.25) is 0 Å². The van der Waals surface area contributed by atoms with Gasteiger partial charge in [0.15, 0.2) is 11.5 Å². The van der Waals surface area contributed by atoms with Gasteiger partial charge in [0, 0.05) is 5.56 Å². The van der Waals surface area contributed by atoms with Crippen LogP contribution in [0, 0.1) is 0 Å². The Hall–Kier alpha value is -1.91. The Morgan fingerprint density at radius 1 is 1.12 bits per heavy atom. The van der Waals surface area contributed by atoms with Gasteiger partial charge in [-0.05, 0) is 19.1 Å². The molecule has 0 aliphatic heterocycles. The zero-order chi connectivity index (χ0) is 12.1. The lowest BCUT2D eigenvalue weighted by atomic mass is 10.1. The van der Waals surface area contributed by atoms with E-state index < -0.39 is 0 Å². The van der Waals surface area contributed by atoms with Gasteiger partial charge >= 0.3 is 0 Å². The maximum atomic E-state index is 9.70. The molecule has 5 nitrogen and oxygen atoms in total. The molecule has 0 saturated heterocycles. The molecule has 0 spiro atoms. The molecular formula is C11H15NO4. The molecule has 0 aliphatic rings. The summed E-state index contributed by atoms with van der Waals surface area (Å²) in [6, 6.07) is 3.32. The van der Waals surface area contributed by atoms with Crippen LogP contribution in [0.25, 0.3) is 0 Å². The summed E-state index contributed by atoms with van der Waals surface area (Å²) in [6.45, 7) is 1.79. The molecule has 1 N–H and O–H groups in total. The van der Waals surface area contributed by atoms with Crippen LogP contribution in [-0.4, -0.2) is 32.1 Å². The first-order valence-corrected chi connectivity index (χ1v) is 4.67. The van der Waals surface area contributed by atoms with Crippen LogP contribution < -0.4 is 9.47 Å². The van der Waals surface area contributed by atoms with Crippen LogP contribution >= 0.6 is 0 Å². The van der Waals surface area contributed by atoms with E-state index >= 15 is 0 Å². The van der Waals surface area contributed by atoms with Crippen molar-refractivity contribution in [3.05, 3.63) is 17.7 Å². The van der Waals surface area contributed by atoms with E-state index in [1.807, 2.05) is 0 Å². The van der Waals surface area contributed by atoms with Crippen LogP contribution in [0.5, 0.6) is 17.2 Å². The number of phenols is 1. The van der Waals surface area contributed by atoms with Gasteiger partial charge in [0.1, 0.15) is 7.11 Å². The average molecular weight is 225 g/mol. The van der Waals surface area contributed by atoms with Gasteiger partial charge in [-0.15, -0.1) is 0 Å². The van der Waals surface area contributed by atoms with Crippen LogP contribution in [0.2, 0.25) is 0 Å². The zero-order valence-corrected chi connectivity index (χ0v) is 9.77. The molecule has 0 amide bonds. The zero-order valence-electron chi connectivity index (χ0n) is 9.77. The Bertz CT molecular complexity index is 376. The fourth-order valence-corrected chi connectivity index (χ4v) is 1.29. The largest absolute Gasteiger partial charge is 0.502 e. The monoisotopic (exact) mass is 225 g/mol. The predicted octanol–water partition coefficient (Wildman–Crippen LogP) is 1.78. The summed E-state index contributed by atoms with van der Waals surface area (Å²) in [7, 11) is 4.42. The number of ether oxygens (including phenoxy) is 2. The van der Waals surface area contributed by atoms with Crippen molar-refractivity contribution in [3.8, 4) is 17.2 Å². The van der Waals surface area contributed by atoms with Gasteiger partial charge in [-0.25, -0.2) is 0 Å². The van der Waals surface area contributed by atoms with Crippen molar-refractivity contribution in [2.45, 2.75) is 6.92 Å². The smallest absolute Gasteiger partial charge is 0.200 e. The molecule has 0 atom stereocenters. The average Bonchev–Trinajstić information content (AvgIpc) is 2.29. The second kappa shape index (κ2) is 5.25. The number of phenolic OH excluding ortho intramolecular Hbond substituents is 1. The second-order valence-electron chi connectivity index (χ2n) is 3.09. The minimum atomic E-state index is -0.0287. The van der Waals surface area contributed by atoms with Crippen LogP contribution in [0.1, 0.15) is 12.5 Å². The summed E-state index contributed by atoms with van der Waals surface area (Å²) in [4.78, 5) is 4.68. The second-order valence-corrected chi connectivity index (χ2v) is 3.09. The highest BCUT2D eigenvalue weighted by molar-refractivity contribution is 5.99. The van der Waals surface area contributed by atoms with E-state index in [4.69, 9.17) is 9.47 Å². The molecule has 0 bridgehead atoms. The maximum absolute atomic E-state index is 9.70. The number of methoxy groups -OCH3 is 2. The van der Waals surface area contributed by atoms with E-state index in [9.17, 15) is 5.11 Å². The summed E-state index contributed by atoms with van der Waals surface area (Å²) in [5, 5.41) is 13.5. The van der Waals surface area contributed by atoms with Crippen LogP contribution in [0.4, 0.5) is 0 Å². The highest BCUT2D eigenvalue weighted by Crippen LogP contribution is 2.37. The van der Waals surface area contributed by atoms with E-state index in [0.717, 1.165) is 5.56 Å². The molecule has 0 fully saturated rings. The van der Waals surface area contributed by atoms with Crippen molar-refractivity contribution < 1.29 is 19.4 Å². The maximum Gasteiger partial charge on any atom is 0.200 e. The highest BCUT2D eigenvalue weighted by atomic mass is 16.6. The normalized spacial score (nSPS) is 11.1. The summed E-state index contributed by atoms with van der Waals surface area (Å²) >= 11 is 0. The van der Waals surface area contributed by atoms with E-state index in [2.05, 4.69) is 9.99 Å². The standard InChI is InChI=1S/C11H15NO4/c1-7(12-16-4)8-5-9(14-2)11(13)10(6-8)15-3/h5-6,13H,1-4H3. The number of rotatable bonds is 4. The number of hydrogen-bond acceptors (Lipinski definition) is 5. The lowest BCUT2D eigenvalue weighted by Gasteiger charge is -2.10. The molecule has 1 rings (SSSR count). The van der Waals surface area contributed by atoms with Crippen molar-refractivity contribution in [2.75, 3.05) is 21.3 Å². The van der Waals surface area contributed by atoms with E-state index in [0.29, 0.717) is 17.2 Å². The number of oxime groups is 1. The van der Waals surface area contributed by atoms with Crippen molar-refractivity contribution in [2.24, 2.45) is 5.16 Å². The molecule has 88 valence electrons. The van der Waals surface area contributed by atoms with Crippen LogP contribution in [0.3, 0.4) is 0 Å². The summed E-state index contributed by atoms with van der Waals surface area (Å²) in [5.74, 6) is 0.638. The molecule has 0 radical (unpaired) electrons. The van der Waals surface area contributed by atoms with E-state index in [1.165, 1.54) is 21.3 Å². The molecule has 1 aromatic rings. The minimum absolute atomic E-state index is 0.0287. The Morgan fingerprint density at radius 2 is 1.62 bits per heavy atom. The fourth-order valence-electron chi connectivity index (χ4n) is 1.29. The Labute approximate surface area is 94.2 Å². The molecule has 0 aromatic heterocycles. The van der Waals surface area contributed by atoms with Crippen molar-refractivity contribution in [1.29, 1.82) is 0 Å².